The second-order valence-electron chi connectivity index (χ2n) is 8.11. The molecule has 0 heterocycles. The SMILES string of the molecule is COc1ccc(C)cc1N(CC(=O)NCCOc1ccc(C)c(Cl)c1)S(=O)(=O)c1ccc(C)cc1. The van der Waals surface area contributed by atoms with Crippen LogP contribution in [0.4, 0.5) is 5.69 Å². The highest BCUT2D eigenvalue weighted by atomic mass is 35.5. The maximum atomic E-state index is 13.6. The fraction of sp³-hybridized carbons (Fsp3) is 0.269. The van der Waals surface area contributed by atoms with Gasteiger partial charge in [0.2, 0.25) is 5.91 Å². The summed E-state index contributed by atoms with van der Waals surface area (Å²) in [4.78, 5) is 12.9. The molecule has 35 heavy (non-hydrogen) atoms. The van der Waals surface area contributed by atoms with Gasteiger partial charge in [-0.15, -0.1) is 0 Å². The first-order chi connectivity index (χ1) is 16.6. The molecule has 0 aromatic heterocycles. The third-order valence-electron chi connectivity index (χ3n) is 5.34. The van der Waals surface area contributed by atoms with Crippen LogP contribution in [0.3, 0.4) is 0 Å². The van der Waals surface area contributed by atoms with E-state index >= 15 is 0 Å². The minimum atomic E-state index is -4.05. The lowest BCUT2D eigenvalue weighted by Gasteiger charge is -2.26. The van der Waals surface area contributed by atoms with Gasteiger partial charge in [0.05, 0.1) is 24.2 Å². The lowest BCUT2D eigenvalue weighted by atomic mass is 10.2. The number of ether oxygens (including phenoxy) is 2. The molecule has 0 atom stereocenters. The Bertz CT molecular complexity index is 1290. The van der Waals surface area contributed by atoms with E-state index in [1.54, 1.807) is 36.4 Å². The molecule has 0 radical (unpaired) electrons. The van der Waals surface area contributed by atoms with Crippen LogP contribution in [0.25, 0.3) is 0 Å². The van der Waals surface area contributed by atoms with Gasteiger partial charge in [-0.25, -0.2) is 8.42 Å². The van der Waals surface area contributed by atoms with E-state index in [0.717, 1.165) is 21.0 Å². The first-order valence-electron chi connectivity index (χ1n) is 11.0. The molecule has 0 fully saturated rings. The zero-order valence-electron chi connectivity index (χ0n) is 20.2. The Morgan fingerprint density at radius 2 is 1.66 bits per heavy atom. The summed E-state index contributed by atoms with van der Waals surface area (Å²) >= 11 is 6.11. The van der Waals surface area contributed by atoms with Crippen LogP contribution in [0.1, 0.15) is 16.7 Å². The van der Waals surface area contributed by atoms with E-state index in [9.17, 15) is 13.2 Å². The molecule has 1 amide bonds. The number of carbonyl (C=O) groups is 1. The van der Waals surface area contributed by atoms with Crippen LogP contribution in [0, 0.1) is 20.8 Å². The second-order valence-corrected chi connectivity index (χ2v) is 10.4. The van der Waals surface area contributed by atoms with E-state index in [4.69, 9.17) is 21.1 Å². The predicted molar refractivity (Wildman–Crippen MR) is 138 cm³/mol. The predicted octanol–water partition coefficient (Wildman–Crippen LogP) is 4.66. The van der Waals surface area contributed by atoms with Crippen molar-refractivity contribution >= 4 is 33.2 Å². The van der Waals surface area contributed by atoms with E-state index in [-0.39, 0.29) is 23.7 Å². The Labute approximate surface area is 211 Å². The maximum absolute atomic E-state index is 13.6. The van der Waals surface area contributed by atoms with Gasteiger partial charge in [0.1, 0.15) is 24.7 Å². The van der Waals surface area contributed by atoms with Gasteiger partial charge in [-0.3, -0.25) is 9.10 Å². The first kappa shape index (κ1) is 26.4. The van der Waals surface area contributed by atoms with Gasteiger partial charge in [0.15, 0.2) is 0 Å². The molecule has 7 nitrogen and oxygen atoms in total. The topological polar surface area (TPSA) is 84.9 Å². The van der Waals surface area contributed by atoms with Gasteiger partial charge in [-0.2, -0.15) is 0 Å². The van der Waals surface area contributed by atoms with Crippen molar-refractivity contribution in [1.29, 1.82) is 0 Å². The molecule has 0 saturated heterocycles. The molecule has 0 saturated carbocycles. The molecule has 1 N–H and O–H groups in total. The van der Waals surface area contributed by atoms with Crippen molar-refractivity contribution in [3.63, 3.8) is 0 Å². The summed E-state index contributed by atoms with van der Waals surface area (Å²) < 4.78 is 39.3. The summed E-state index contributed by atoms with van der Waals surface area (Å²) in [5.41, 5.74) is 2.98. The van der Waals surface area contributed by atoms with E-state index in [0.29, 0.717) is 16.5 Å². The van der Waals surface area contributed by atoms with E-state index in [1.165, 1.54) is 19.2 Å². The number of nitrogens with zero attached hydrogens (tertiary/aromatic N) is 1. The van der Waals surface area contributed by atoms with Crippen LogP contribution in [-0.4, -0.2) is 41.1 Å². The molecule has 3 aromatic carbocycles. The number of rotatable bonds is 10. The number of hydrogen-bond donors (Lipinski definition) is 1. The van der Waals surface area contributed by atoms with Crippen molar-refractivity contribution in [3.8, 4) is 11.5 Å². The molecular formula is C26H29ClN2O5S. The van der Waals surface area contributed by atoms with Crippen LogP contribution >= 0.6 is 11.6 Å². The quantitative estimate of drug-likeness (QED) is 0.396. The number of sulfonamides is 1. The summed E-state index contributed by atoms with van der Waals surface area (Å²) in [5.74, 6) is 0.455. The Morgan fingerprint density at radius 1 is 0.971 bits per heavy atom. The molecule has 0 aliphatic carbocycles. The number of aryl methyl sites for hydroxylation is 3. The number of carbonyl (C=O) groups excluding carboxylic acids is 1. The van der Waals surface area contributed by atoms with E-state index in [2.05, 4.69) is 5.32 Å². The van der Waals surface area contributed by atoms with Crippen LogP contribution in [0.2, 0.25) is 5.02 Å². The minimum absolute atomic E-state index is 0.0824. The number of anilines is 1. The highest BCUT2D eigenvalue weighted by Crippen LogP contribution is 2.33. The third kappa shape index (κ3) is 6.68. The average molecular weight is 517 g/mol. The normalized spacial score (nSPS) is 11.1. The van der Waals surface area contributed by atoms with E-state index < -0.39 is 22.5 Å². The molecule has 186 valence electrons. The number of methoxy groups -OCH3 is 1. The average Bonchev–Trinajstić information content (AvgIpc) is 2.82. The fourth-order valence-electron chi connectivity index (χ4n) is 3.34. The number of benzene rings is 3. The third-order valence-corrected chi connectivity index (χ3v) is 7.52. The van der Waals surface area contributed by atoms with Crippen molar-refractivity contribution in [2.24, 2.45) is 0 Å². The van der Waals surface area contributed by atoms with Crippen molar-refractivity contribution in [3.05, 3.63) is 82.4 Å². The number of amides is 1. The summed E-state index contributed by atoms with van der Waals surface area (Å²) in [6.07, 6.45) is 0. The molecule has 3 aromatic rings. The van der Waals surface area contributed by atoms with Gasteiger partial charge >= 0.3 is 0 Å². The summed E-state index contributed by atoms with van der Waals surface area (Å²) in [6.45, 7) is 5.57. The maximum Gasteiger partial charge on any atom is 0.264 e. The summed E-state index contributed by atoms with van der Waals surface area (Å²) in [5, 5.41) is 3.31. The van der Waals surface area contributed by atoms with Crippen LogP contribution < -0.4 is 19.1 Å². The van der Waals surface area contributed by atoms with Gasteiger partial charge in [-0.1, -0.05) is 41.4 Å². The molecule has 0 unspecified atom stereocenters. The van der Waals surface area contributed by atoms with Crippen molar-refractivity contribution < 1.29 is 22.7 Å². The Morgan fingerprint density at radius 3 is 2.31 bits per heavy atom. The van der Waals surface area contributed by atoms with Crippen LogP contribution in [0.5, 0.6) is 11.5 Å². The second kappa shape index (κ2) is 11.5. The van der Waals surface area contributed by atoms with Gasteiger partial charge in [0, 0.05) is 5.02 Å². The number of hydrogen-bond acceptors (Lipinski definition) is 5. The molecule has 0 aliphatic heterocycles. The zero-order valence-corrected chi connectivity index (χ0v) is 21.7. The summed E-state index contributed by atoms with van der Waals surface area (Å²) in [7, 11) is -2.59. The smallest absolute Gasteiger partial charge is 0.264 e. The first-order valence-corrected chi connectivity index (χ1v) is 12.8. The Hall–Kier alpha value is -3.23. The van der Waals surface area contributed by atoms with Gasteiger partial charge < -0.3 is 14.8 Å². The monoisotopic (exact) mass is 516 g/mol. The highest BCUT2D eigenvalue weighted by Gasteiger charge is 2.29. The molecule has 0 bridgehead atoms. The molecule has 0 aliphatic rings. The Balaban J connectivity index is 1.78. The molecule has 3 rings (SSSR count). The summed E-state index contributed by atoms with van der Waals surface area (Å²) in [6, 6.07) is 17.0. The van der Waals surface area contributed by atoms with Gasteiger partial charge in [0.25, 0.3) is 10.0 Å². The minimum Gasteiger partial charge on any atom is -0.495 e. The zero-order chi connectivity index (χ0) is 25.6. The number of halogens is 1. The van der Waals surface area contributed by atoms with Crippen LogP contribution in [-0.2, 0) is 14.8 Å². The fourth-order valence-corrected chi connectivity index (χ4v) is 4.93. The lowest BCUT2D eigenvalue weighted by Crippen LogP contribution is -2.42. The molecular weight excluding hydrogens is 488 g/mol. The highest BCUT2D eigenvalue weighted by molar-refractivity contribution is 7.92. The number of nitrogens with one attached hydrogen (secondary N) is 1. The standard InChI is InChI=1S/C26H29ClN2O5S/c1-18-5-10-22(11-6-18)35(31,32)29(24-15-19(2)7-12-25(24)33-4)17-26(30)28-13-14-34-21-9-8-20(3)23(27)16-21/h5-12,15-16H,13-14,17H2,1-4H3,(H,28,30). The van der Waals surface area contributed by atoms with Crippen molar-refractivity contribution in [1.82, 2.24) is 5.32 Å². The van der Waals surface area contributed by atoms with Gasteiger partial charge in [-0.05, 0) is 68.3 Å². The largest absolute Gasteiger partial charge is 0.495 e. The molecule has 0 spiro atoms. The molecule has 9 heteroatoms. The van der Waals surface area contributed by atoms with Crippen LogP contribution in [0.15, 0.2) is 65.6 Å². The van der Waals surface area contributed by atoms with Crippen molar-refractivity contribution in [2.75, 3.05) is 31.1 Å². The Kier molecular flexibility index (Phi) is 8.64. The lowest BCUT2D eigenvalue weighted by molar-refractivity contribution is -0.119. The van der Waals surface area contributed by atoms with E-state index in [1.807, 2.05) is 32.9 Å². The van der Waals surface area contributed by atoms with Crippen molar-refractivity contribution in [2.45, 2.75) is 25.7 Å².